The predicted molar refractivity (Wildman–Crippen MR) is 68.5 cm³/mol. The molecule has 2 nitrogen and oxygen atoms in total. The Morgan fingerprint density at radius 1 is 1.22 bits per heavy atom. The molecule has 2 rings (SSSR count). The zero-order chi connectivity index (χ0) is 13.3. The van der Waals surface area contributed by atoms with Gasteiger partial charge in [-0.3, -0.25) is 4.99 Å². The van der Waals surface area contributed by atoms with Crippen molar-refractivity contribution in [2.45, 2.75) is 19.9 Å². The summed E-state index contributed by atoms with van der Waals surface area (Å²) in [6, 6.07) is 2.00. The summed E-state index contributed by atoms with van der Waals surface area (Å²) in [7, 11) is 0. The molecule has 6 heteroatoms. The third-order valence-electron chi connectivity index (χ3n) is 2.86. The Kier molecular flexibility index (Phi) is 3.85. The third-order valence-corrected chi connectivity index (χ3v) is 4.04. The molecular weight excluding hydrogens is 261 g/mol. The topological polar surface area (TPSA) is 24.4 Å². The van der Waals surface area contributed by atoms with E-state index in [1.54, 1.807) is 0 Å². The molecule has 1 aliphatic rings. The Balaban J connectivity index is 2.18. The van der Waals surface area contributed by atoms with Crippen molar-refractivity contribution < 1.29 is 13.2 Å². The number of nitrogens with one attached hydrogen (secondary N) is 1. The number of benzene rings is 1. The van der Waals surface area contributed by atoms with E-state index in [1.807, 2.05) is 6.92 Å². The Morgan fingerprint density at radius 3 is 2.39 bits per heavy atom. The summed E-state index contributed by atoms with van der Waals surface area (Å²) in [5.74, 6) is -2.53. The number of thioether (sulfide) groups is 1. The molecule has 0 amide bonds. The van der Waals surface area contributed by atoms with Crippen LogP contribution in [0.2, 0.25) is 0 Å². The highest BCUT2D eigenvalue weighted by atomic mass is 32.2. The lowest BCUT2D eigenvalue weighted by atomic mass is 10.1. The van der Waals surface area contributed by atoms with Crippen LogP contribution in [0.15, 0.2) is 17.1 Å². The fourth-order valence-electron chi connectivity index (χ4n) is 1.52. The first-order valence-corrected chi connectivity index (χ1v) is 6.58. The van der Waals surface area contributed by atoms with E-state index in [0.717, 1.165) is 17.9 Å². The fraction of sp³-hybridized carbons (Fsp3) is 0.417. The third kappa shape index (κ3) is 2.80. The molecule has 1 N–H and O–H groups in total. The Hall–Kier alpha value is -1.17. The first-order valence-electron chi connectivity index (χ1n) is 5.59. The molecule has 0 aromatic heterocycles. The van der Waals surface area contributed by atoms with Crippen molar-refractivity contribution in [3.05, 3.63) is 29.6 Å². The molecule has 1 aliphatic heterocycles. The maximum absolute atomic E-state index is 13.0. The van der Waals surface area contributed by atoms with E-state index in [2.05, 4.69) is 17.2 Å². The van der Waals surface area contributed by atoms with Crippen molar-refractivity contribution in [2.24, 2.45) is 10.9 Å². The van der Waals surface area contributed by atoms with Gasteiger partial charge in [0.1, 0.15) is 0 Å². The minimum Gasteiger partial charge on any atom is -0.335 e. The van der Waals surface area contributed by atoms with Gasteiger partial charge in [-0.05, 0) is 12.8 Å². The number of aliphatic imine (C=N–C) groups is 1. The van der Waals surface area contributed by atoms with Crippen LogP contribution in [0.3, 0.4) is 0 Å². The molecule has 1 heterocycles. The molecule has 0 aliphatic carbocycles. The quantitative estimate of drug-likeness (QED) is 0.791. The summed E-state index contributed by atoms with van der Waals surface area (Å²) >= 11 is 1.49. The summed E-state index contributed by atoms with van der Waals surface area (Å²) < 4.78 is 38.9. The van der Waals surface area contributed by atoms with Crippen molar-refractivity contribution in [1.29, 1.82) is 0 Å². The molecule has 0 bridgehead atoms. The van der Waals surface area contributed by atoms with Gasteiger partial charge in [0.05, 0.1) is 6.04 Å². The van der Waals surface area contributed by atoms with Crippen LogP contribution in [-0.2, 0) is 0 Å². The first kappa shape index (κ1) is 13.3. The molecule has 18 heavy (non-hydrogen) atoms. The number of amidine groups is 1. The predicted octanol–water partition coefficient (Wildman–Crippen LogP) is 3.64. The lowest BCUT2D eigenvalue weighted by Gasteiger charge is -2.23. The van der Waals surface area contributed by atoms with Crippen LogP contribution in [0.25, 0.3) is 0 Å². The van der Waals surface area contributed by atoms with Gasteiger partial charge in [0.2, 0.25) is 0 Å². The highest BCUT2D eigenvalue weighted by molar-refractivity contribution is 8.14. The van der Waals surface area contributed by atoms with Crippen LogP contribution in [0.5, 0.6) is 0 Å². The number of rotatable bonds is 1. The first-order chi connectivity index (χ1) is 8.47. The van der Waals surface area contributed by atoms with E-state index in [1.165, 1.54) is 11.8 Å². The molecule has 0 saturated carbocycles. The van der Waals surface area contributed by atoms with Crippen molar-refractivity contribution in [3.63, 3.8) is 0 Å². The number of halogens is 3. The molecule has 0 fully saturated rings. The van der Waals surface area contributed by atoms with Gasteiger partial charge in [0.15, 0.2) is 22.6 Å². The molecule has 0 radical (unpaired) electrons. The molecule has 0 saturated heterocycles. The monoisotopic (exact) mass is 274 g/mol. The van der Waals surface area contributed by atoms with Crippen LogP contribution in [-0.4, -0.2) is 17.0 Å². The zero-order valence-electron chi connectivity index (χ0n) is 10.0. The second kappa shape index (κ2) is 5.22. The number of nitrogens with zero attached hydrogens (tertiary/aromatic N) is 1. The highest BCUT2D eigenvalue weighted by Gasteiger charge is 2.20. The lowest BCUT2D eigenvalue weighted by molar-refractivity contribution is 0.448. The van der Waals surface area contributed by atoms with Crippen molar-refractivity contribution in [3.8, 4) is 0 Å². The van der Waals surface area contributed by atoms with E-state index in [4.69, 9.17) is 0 Å². The normalized spacial score (nSPS) is 23.7. The molecular formula is C12H13F3N2S. The maximum Gasteiger partial charge on any atom is 0.194 e. The molecule has 1 aromatic rings. The Labute approximate surface area is 108 Å². The van der Waals surface area contributed by atoms with E-state index >= 15 is 0 Å². The van der Waals surface area contributed by atoms with E-state index < -0.39 is 17.5 Å². The molecule has 2 unspecified atom stereocenters. The van der Waals surface area contributed by atoms with Crippen LogP contribution in [0, 0.1) is 23.4 Å². The minimum absolute atomic E-state index is 0.156. The summed E-state index contributed by atoms with van der Waals surface area (Å²) in [5.41, 5.74) is 0.166. The van der Waals surface area contributed by atoms with E-state index in [-0.39, 0.29) is 11.7 Å². The average Bonchev–Trinajstić information content (AvgIpc) is 2.31. The van der Waals surface area contributed by atoms with Gasteiger partial charge < -0.3 is 5.32 Å². The molecule has 0 spiro atoms. The van der Waals surface area contributed by atoms with Gasteiger partial charge in [-0.25, -0.2) is 13.2 Å². The average molecular weight is 274 g/mol. The summed E-state index contributed by atoms with van der Waals surface area (Å²) in [6.07, 6.45) is 0. The smallest absolute Gasteiger partial charge is 0.194 e. The number of hydrogen-bond donors (Lipinski definition) is 1. The Morgan fingerprint density at radius 2 is 1.83 bits per heavy atom. The van der Waals surface area contributed by atoms with Crippen molar-refractivity contribution in [2.75, 3.05) is 11.1 Å². The van der Waals surface area contributed by atoms with Crippen LogP contribution >= 0.6 is 11.8 Å². The van der Waals surface area contributed by atoms with Crippen LogP contribution in [0.1, 0.15) is 13.8 Å². The van der Waals surface area contributed by atoms with E-state index in [9.17, 15) is 13.2 Å². The van der Waals surface area contributed by atoms with Crippen molar-refractivity contribution >= 4 is 22.6 Å². The van der Waals surface area contributed by atoms with Gasteiger partial charge in [0, 0.05) is 23.6 Å². The van der Waals surface area contributed by atoms with Gasteiger partial charge in [-0.15, -0.1) is 0 Å². The molecule has 2 atom stereocenters. The van der Waals surface area contributed by atoms with Gasteiger partial charge >= 0.3 is 0 Å². The van der Waals surface area contributed by atoms with Gasteiger partial charge in [-0.2, -0.15) is 0 Å². The fourth-order valence-corrected chi connectivity index (χ4v) is 2.65. The van der Waals surface area contributed by atoms with Crippen molar-refractivity contribution in [1.82, 2.24) is 0 Å². The Bertz CT molecular complexity index is 467. The second-order valence-electron chi connectivity index (χ2n) is 4.34. The standard InChI is InChI=1S/C12H13F3N2S/c1-6-5-18-12(16-7(6)2)17-8-3-9(13)11(15)10(14)4-8/h3-4,6-7H,5H2,1-2H3,(H,16,17). The summed E-state index contributed by atoms with van der Waals surface area (Å²) in [4.78, 5) is 4.37. The maximum atomic E-state index is 13.0. The number of anilines is 1. The van der Waals surface area contributed by atoms with Gasteiger partial charge in [-0.1, -0.05) is 18.7 Å². The highest BCUT2D eigenvalue weighted by Crippen LogP contribution is 2.25. The lowest BCUT2D eigenvalue weighted by Crippen LogP contribution is -2.25. The van der Waals surface area contributed by atoms with Crippen LogP contribution in [0.4, 0.5) is 18.9 Å². The molecule has 1 aromatic carbocycles. The minimum atomic E-state index is -1.46. The SMILES string of the molecule is CC1CSC(Nc2cc(F)c(F)c(F)c2)=NC1C. The largest absolute Gasteiger partial charge is 0.335 e. The molecule has 98 valence electrons. The van der Waals surface area contributed by atoms with Crippen LogP contribution < -0.4 is 5.32 Å². The number of hydrogen-bond acceptors (Lipinski definition) is 3. The van der Waals surface area contributed by atoms with E-state index in [0.29, 0.717) is 11.1 Å². The zero-order valence-corrected chi connectivity index (χ0v) is 10.8. The second-order valence-corrected chi connectivity index (χ2v) is 5.35. The summed E-state index contributed by atoms with van der Waals surface area (Å²) in [6.45, 7) is 4.08. The summed E-state index contributed by atoms with van der Waals surface area (Å²) in [5, 5.41) is 3.41. The van der Waals surface area contributed by atoms with Gasteiger partial charge in [0.25, 0.3) is 0 Å².